The average Bonchev–Trinajstić information content (AvgIpc) is 3.16. The number of hydrogen-bond donors (Lipinski definition) is 0. The van der Waals surface area contributed by atoms with Crippen LogP contribution in [0.4, 0.5) is 0 Å². The molecule has 4 rings (SSSR count). The molecule has 150 valence electrons. The van der Waals surface area contributed by atoms with Crippen LogP contribution in [0, 0.1) is 0 Å². The number of fused-ring (bicyclic) bond motifs is 3. The summed E-state index contributed by atoms with van der Waals surface area (Å²) in [6, 6.07) is 11.2. The van der Waals surface area contributed by atoms with E-state index in [9.17, 15) is 0 Å². The van der Waals surface area contributed by atoms with E-state index < -0.39 is 6.23 Å². The van der Waals surface area contributed by atoms with E-state index in [1.165, 1.54) is 12.8 Å². The minimum absolute atomic E-state index is 0.372. The summed E-state index contributed by atoms with van der Waals surface area (Å²) >= 11 is 12.7. The Morgan fingerprint density at radius 2 is 1.93 bits per heavy atom. The zero-order chi connectivity index (χ0) is 20.2. The van der Waals surface area contributed by atoms with Crippen molar-refractivity contribution in [1.82, 2.24) is 19.7 Å². The molecule has 0 aliphatic carbocycles. The van der Waals surface area contributed by atoms with Gasteiger partial charge in [0.05, 0.1) is 16.4 Å². The van der Waals surface area contributed by atoms with Crippen molar-refractivity contribution in [1.29, 1.82) is 0 Å². The van der Waals surface area contributed by atoms with Crippen molar-refractivity contribution in [3.8, 4) is 5.69 Å². The Balaban J connectivity index is 1.79. The molecular weight excluding hydrogens is 409 g/mol. The van der Waals surface area contributed by atoms with Crippen LogP contribution in [-0.4, -0.2) is 32.1 Å². The van der Waals surface area contributed by atoms with E-state index in [-0.39, 0.29) is 0 Å². The van der Waals surface area contributed by atoms with Gasteiger partial charge in [-0.05, 0) is 24.6 Å². The Hall–Kier alpha value is -2.28. The third kappa shape index (κ3) is 4.20. The second-order valence-corrected chi connectivity index (χ2v) is 7.60. The molecule has 0 N–H and O–H groups in total. The third-order valence-electron chi connectivity index (χ3n) is 4.77. The summed E-state index contributed by atoms with van der Waals surface area (Å²) in [4.78, 5) is 9.44. The quantitative estimate of drug-likeness (QED) is 0.371. The van der Waals surface area contributed by atoms with Crippen LogP contribution in [-0.2, 0) is 4.74 Å². The van der Waals surface area contributed by atoms with E-state index in [1.807, 2.05) is 34.9 Å². The molecule has 8 heteroatoms. The van der Waals surface area contributed by atoms with Gasteiger partial charge in [0.25, 0.3) is 0 Å². The first-order valence-corrected chi connectivity index (χ1v) is 10.5. The zero-order valence-corrected chi connectivity index (χ0v) is 17.6. The SMILES string of the molecule is CCCCCCOC1N=C(c2ccccc2Cl)c2nc(Cl)ccc2-n2cnnc21. The van der Waals surface area contributed by atoms with E-state index in [0.717, 1.165) is 24.1 Å². The minimum Gasteiger partial charge on any atom is -0.349 e. The smallest absolute Gasteiger partial charge is 0.209 e. The summed E-state index contributed by atoms with van der Waals surface area (Å²) in [6.45, 7) is 2.77. The van der Waals surface area contributed by atoms with Crippen LogP contribution in [0.3, 0.4) is 0 Å². The van der Waals surface area contributed by atoms with Gasteiger partial charge in [-0.25, -0.2) is 9.98 Å². The molecule has 3 heterocycles. The molecule has 3 aromatic rings. The lowest BCUT2D eigenvalue weighted by Crippen LogP contribution is -2.11. The fourth-order valence-electron chi connectivity index (χ4n) is 3.32. The highest BCUT2D eigenvalue weighted by atomic mass is 35.5. The molecular formula is C21H21Cl2N5O. The normalized spacial score (nSPS) is 15.4. The molecule has 1 atom stereocenters. The van der Waals surface area contributed by atoms with Crippen molar-refractivity contribution in [3.63, 3.8) is 0 Å². The monoisotopic (exact) mass is 429 g/mol. The lowest BCUT2D eigenvalue weighted by Gasteiger charge is -2.13. The summed E-state index contributed by atoms with van der Waals surface area (Å²) in [5.74, 6) is 0.605. The number of hydrogen-bond acceptors (Lipinski definition) is 5. The summed E-state index contributed by atoms with van der Waals surface area (Å²) in [5.41, 5.74) is 2.79. The van der Waals surface area contributed by atoms with Crippen molar-refractivity contribution in [3.05, 3.63) is 70.0 Å². The summed E-state index contributed by atoms with van der Waals surface area (Å²) < 4.78 is 7.98. The van der Waals surface area contributed by atoms with Crippen molar-refractivity contribution in [2.24, 2.45) is 4.99 Å². The van der Waals surface area contributed by atoms with Crippen LogP contribution in [0.25, 0.3) is 5.69 Å². The lowest BCUT2D eigenvalue weighted by molar-refractivity contribution is 0.0495. The number of aromatic nitrogens is 4. The first-order valence-electron chi connectivity index (χ1n) is 9.70. The number of ether oxygens (including phenoxy) is 1. The van der Waals surface area contributed by atoms with Gasteiger partial charge in [0, 0.05) is 12.2 Å². The first-order chi connectivity index (χ1) is 14.2. The standard InChI is InChI=1S/C21H21Cl2N5O/c1-2-3-4-7-12-29-21-20-27-24-13-28(20)16-10-11-17(23)25-19(16)18(26-21)14-8-5-6-9-15(14)22/h5-6,8-11,13,21H,2-4,7,12H2,1H3. The summed E-state index contributed by atoms with van der Waals surface area (Å²) in [7, 11) is 0. The number of unbranched alkanes of at least 4 members (excludes halogenated alkanes) is 3. The van der Waals surface area contributed by atoms with E-state index in [2.05, 4.69) is 22.1 Å². The third-order valence-corrected chi connectivity index (χ3v) is 5.31. The summed E-state index contributed by atoms with van der Waals surface area (Å²) in [6.07, 6.45) is 5.47. The molecule has 0 amide bonds. The second kappa shape index (κ2) is 9.03. The molecule has 0 saturated heterocycles. The van der Waals surface area contributed by atoms with Gasteiger partial charge in [-0.15, -0.1) is 10.2 Å². The van der Waals surface area contributed by atoms with Gasteiger partial charge in [0.1, 0.15) is 17.2 Å². The summed E-state index contributed by atoms with van der Waals surface area (Å²) in [5, 5.41) is 9.29. The van der Waals surface area contributed by atoms with Gasteiger partial charge < -0.3 is 4.74 Å². The topological polar surface area (TPSA) is 65.2 Å². The first kappa shape index (κ1) is 20.0. The number of benzene rings is 1. The molecule has 2 aromatic heterocycles. The van der Waals surface area contributed by atoms with Gasteiger partial charge in [-0.1, -0.05) is 67.6 Å². The van der Waals surface area contributed by atoms with Crippen molar-refractivity contribution >= 4 is 28.9 Å². The van der Waals surface area contributed by atoms with E-state index in [0.29, 0.717) is 34.0 Å². The Bertz CT molecular complexity index is 1030. The van der Waals surface area contributed by atoms with Gasteiger partial charge in [-0.3, -0.25) is 4.57 Å². The fraction of sp³-hybridized carbons (Fsp3) is 0.333. The van der Waals surface area contributed by atoms with Crippen LogP contribution in [0.1, 0.15) is 55.9 Å². The van der Waals surface area contributed by atoms with Crippen molar-refractivity contribution in [2.45, 2.75) is 38.8 Å². The molecule has 0 spiro atoms. The lowest BCUT2D eigenvalue weighted by atomic mass is 10.1. The van der Waals surface area contributed by atoms with Gasteiger partial charge in [0.15, 0.2) is 5.82 Å². The van der Waals surface area contributed by atoms with Crippen LogP contribution in [0.15, 0.2) is 47.7 Å². The highest BCUT2D eigenvalue weighted by molar-refractivity contribution is 6.35. The molecule has 1 unspecified atom stereocenters. The van der Waals surface area contributed by atoms with E-state index in [4.69, 9.17) is 32.9 Å². The molecule has 0 bridgehead atoms. The maximum Gasteiger partial charge on any atom is 0.209 e. The Labute approximate surface area is 179 Å². The maximum absolute atomic E-state index is 6.49. The molecule has 1 aliphatic heterocycles. The van der Waals surface area contributed by atoms with Crippen LogP contribution >= 0.6 is 23.2 Å². The molecule has 0 fully saturated rings. The Morgan fingerprint density at radius 1 is 1.07 bits per heavy atom. The van der Waals surface area contributed by atoms with Gasteiger partial charge in [0.2, 0.25) is 6.23 Å². The van der Waals surface area contributed by atoms with Gasteiger partial charge in [-0.2, -0.15) is 0 Å². The largest absolute Gasteiger partial charge is 0.349 e. The van der Waals surface area contributed by atoms with Crippen LogP contribution in [0.5, 0.6) is 0 Å². The second-order valence-electron chi connectivity index (χ2n) is 6.80. The number of pyridine rings is 1. The molecule has 0 saturated carbocycles. The van der Waals surface area contributed by atoms with Gasteiger partial charge >= 0.3 is 0 Å². The Kier molecular flexibility index (Phi) is 6.23. The van der Waals surface area contributed by atoms with Crippen molar-refractivity contribution < 1.29 is 4.74 Å². The molecule has 1 aliphatic rings. The predicted octanol–water partition coefficient (Wildman–Crippen LogP) is 5.42. The minimum atomic E-state index is -0.613. The highest BCUT2D eigenvalue weighted by Crippen LogP contribution is 2.32. The number of halogens is 2. The average molecular weight is 430 g/mol. The predicted molar refractivity (Wildman–Crippen MR) is 114 cm³/mol. The van der Waals surface area contributed by atoms with E-state index in [1.54, 1.807) is 12.4 Å². The zero-order valence-electron chi connectivity index (χ0n) is 16.1. The van der Waals surface area contributed by atoms with E-state index >= 15 is 0 Å². The van der Waals surface area contributed by atoms with Crippen LogP contribution in [0.2, 0.25) is 10.2 Å². The molecule has 1 aromatic carbocycles. The highest BCUT2D eigenvalue weighted by Gasteiger charge is 2.29. The maximum atomic E-state index is 6.49. The fourth-order valence-corrected chi connectivity index (χ4v) is 3.69. The Morgan fingerprint density at radius 3 is 2.76 bits per heavy atom. The van der Waals surface area contributed by atoms with Crippen LogP contribution < -0.4 is 0 Å². The molecule has 0 radical (unpaired) electrons. The number of nitrogens with zero attached hydrogens (tertiary/aromatic N) is 5. The molecule has 6 nitrogen and oxygen atoms in total. The van der Waals surface area contributed by atoms with Crippen molar-refractivity contribution in [2.75, 3.05) is 6.61 Å². The number of rotatable bonds is 7. The molecule has 29 heavy (non-hydrogen) atoms. The number of aliphatic imine (C=N–C) groups is 1.